The molecule has 4 amide bonds. The van der Waals surface area contributed by atoms with Gasteiger partial charge >= 0.3 is 0 Å². The predicted octanol–water partition coefficient (Wildman–Crippen LogP) is 5.98. The molecule has 0 spiro atoms. The first kappa shape index (κ1) is 44.7. The minimum Gasteiger partial charge on any atom is -0.384 e. The van der Waals surface area contributed by atoms with Gasteiger partial charge in [-0.2, -0.15) is 5.10 Å². The van der Waals surface area contributed by atoms with Crippen molar-refractivity contribution in [3.8, 4) is 11.1 Å². The molecule has 5 heterocycles. The van der Waals surface area contributed by atoms with Crippen molar-refractivity contribution in [3.05, 3.63) is 117 Å². The van der Waals surface area contributed by atoms with E-state index in [-0.39, 0.29) is 35.7 Å². The van der Waals surface area contributed by atoms with Gasteiger partial charge in [0.1, 0.15) is 6.04 Å². The lowest BCUT2D eigenvalue weighted by Gasteiger charge is -2.33. The quantitative estimate of drug-likeness (QED) is 0.0995. The molecule has 1 aromatic heterocycles. The molecule has 0 aliphatic carbocycles. The number of nitrogens with zero attached hydrogens (tertiary/aromatic N) is 5. The van der Waals surface area contributed by atoms with Gasteiger partial charge < -0.3 is 26.2 Å². The third-order valence-corrected chi connectivity index (χ3v) is 13.3. The number of imide groups is 1. The Bertz CT molecular complexity index is 2420. The summed E-state index contributed by atoms with van der Waals surface area (Å²) in [6.45, 7) is 8.07. The fraction of sp³-hybridized carbons (Fsp3) is 0.449. The number of likely N-dealkylation sites (tertiary alicyclic amines) is 1. The van der Waals surface area contributed by atoms with Gasteiger partial charge in [-0.15, -0.1) is 0 Å². The molecule has 2 fully saturated rings. The Hall–Kier alpha value is -5.93. The summed E-state index contributed by atoms with van der Waals surface area (Å²) < 4.78 is 30.8. The van der Waals surface area contributed by atoms with E-state index in [4.69, 9.17) is 5.73 Å². The van der Waals surface area contributed by atoms with Gasteiger partial charge in [-0.25, -0.2) is 8.78 Å². The van der Waals surface area contributed by atoms with Crippen LogP contribution in [0.25, 0.3) is 11.1 Å². The Morgan fingerprint density at radius 2 is 1.73 bits per heavy atom. The molecule has 0 radical (unpaired) electrons. The standard InChI is InChI=1S/C49H59F2N9O4/c1-4-5-7-33-20-38(35-24-54-57(3)26-35)39(47(50)51)21-34(33)22-42(52)41-27-59(30(2)61)29-44(41)55-36-16-18-58(19-17-36)25-32-12-10-31(11-13-32)23-53-43-9-6-8-37-40(43)28-60(49(37)64)45-14-15-46(62)56-48(45)63/h6,8-13,20-21,24,26,36,42,45,47,53,55H,4-5,7,14-19,22-23,25,27-29,52H2,1-3H3,(H,56,62,63). The van der Waals surface area contributed by atoms with Crippen molar-refractivity contribution < 1.29 is 28.0 Å². The summed E-state index contributed by atoms with van der Waals surface area (Å²) in [6.07, 6.45) is 6.18. The summed E-state index contributed by atoms with van der Waals surface area (Å²) in [4.78, 5) is 55.9. The van der Waals surface area contributed by atoms with Gasteiger partial charge in [0, 0.05) is 112 Å². The number of piperidine rings is 2. The lowest BCUT2D eigenvalue weighted by Crippen LogP contribution is -2.52. The number of unbranched alkanes of at least 4 members (excludes halogenated alkanes) is 1. The molecule has 2 saturated heterocycles. The Balaban J connectivity index is 0.867. The molecular weight excluding hydrogens is 817 g/mol. The number of amides is 4. The second-order valence-electron chi connectivity index (χ2n) is 17.8. The number of benzene rings is 3. The predicted molar refractivity (Wildman–Crippen MR) is 241 cm³/mol. The fourth-order valence-electron chi connectivity index (χ4n) is 9.65. The number of hydrogen-bond donors (Lipinski definition) is 4. The lowest BCUT2D eigenvalue weighted by molar-refractivity contribution is -0.137. The van der Waals surface area contributed by atoms with Crippen molar-refractivity contribution in [1.82, 2.24) is 35.1 Å². The molecule has 15 heteroatoms. The number of carbonyl (C=O) groups excluding carboxylic acids is 4. The highest BCUT2D eigenvalue weighted by atomic mass is 19.3. The second-order valence-corrected chi connectivity index (χ2v) is 17.8. The summed E-state index contributed by atoms with van der Waals surface area (Å²) in [6, 6.07) is 16.8. The average molecular weight is 876 g/mol. The number of anilines is 1. The molecular formula is C49H59F2N9O4. The van der Waals surface area contributed by atoms with Crippen molar-refractivity contribution >= 4 is 29.3 Å². The number of fused-ring (bicyclic) bond motifs is 1. The van der Waals surface area contributed by atoms with E-state index in [0.717, 1.165) is 90.9 Å². The minimum atomic E-state index is -2.66. The molecule has 4 aliphatic rings. The Morgan fingerprint density at radius 3 is 2.42 bits per heavy atom. The van der Waals surface area contributed by atoms with Crippen LogP contribution < -0.4 is 21.7 Å². The first-order valence-corrected chi connectivity index (χ1v) is 22.6. The summed E-state index contributed by atoms with van der Waals surface area (Å²) in [5.74, 6) is -0.944. The van der Waals surface area contributed by atoms with Crippen LogP contribution in [0.15, 0.2) is 78.3 Å². The van der Waals surface area contributed by atoms with Crippen LogP contribution in [0.5, 0.6) is 0 Å². The van der Waals surface area contributed by atoms with E-state index in [1.54, 1.807) is 53.0 Å². The van der Waals surface area contributed by atoms with Crippen molar-refractivity contribution in [2.45, 2.75) is 109 Å². The van der Waals surface area contributed by atoms with E-state index in [9.17, 15) is 28.0 Å². The van der Waals surface area contributed by atoms with Gasteiger partial charge in [0.05, 0.1) is 12.7 Å². The molecule has 4 aromatic rings. The molecule has 8 rings (SSSR count). The van der Waals surface area contributed by atoms with E-state index < -0.39 is 24.4 Å². The normalized spacial score (nSPS) is 18.9. The lowest BCUT2D eigenvalue weighted by atomic mass is 9.88. The van der Waals surface area contributed by atoms with Gasteiger partial charge in [0.15, 0.2) is 0 Å². The maximum absolute atomic E-state index is 14.6. The zero-order valence-electron chi connectivity index (χ0n) is 37.0. The van der Waals surface area contributed by atoms with Gasteiger partial charge in [-0.3, -0.25) is 34.1 Å². The fourth-order valence-corrected chi connectivity index (χ4v) is 9.65. The van der Waals surface area contributed by atoms with Crippen LogP contribution in [-0.2, 0) is 53.9 Å². The van der Waals surface area contributed by atoms with Crippen LogP contribution in [0.4, 0.5) is 14.5 Å². The maximum Gasteiger partial charge on any atom is 0.264 e. The van der Waals surface area contributed by atoms with Crippen molar-refractivity contribution in [2.24, 2.45) is 12.8 Å². The van der Waals surface area contributed by atoms with Crippen LogP contribution in [-0.4, -0.2) is 92.4 Å². The molecule has 5 N–H and O–H groups in total. The summed E-state index contributed by atoms with van der Waals surface area (Å²) >= 11 is 0. The monoisotopic (exact) mass is 875 g/mol. The van der Waals surface area contributed by atoms with Gasteiger partial charge in [-0.1, -0.05) is 49.7 Å². The number of aromatic nitrogens is 2. The highest BCUT2D eigenvalue weighted by Gasteiger charge is 2.40. The topological polar surface area (TPSA) is 158 Å². The smallest absolute Gasteiger partial charge is 0.264 e. The molecule has 2 atom stereocenters. The number of nitrogens with two attached hydrogens (primary N) is 1. The van der Waals surface area contributed by atoms with Crippen molar-refractivity contribution in [1.29, 1.82) is 0 Å². The van der Waals surface area contributed by atoms with E-state index in [1.165, 1.54) is 5.56 Å². The number of halogens is 2. The van der Waals surface area contributed by atoms with Crippen LogP contribution in [0, 0.1) is 0 Å². The van der Waals surface area contributed by atoms with Gasteiger partial charge in [0.2, 0.25) is 17.7 Å². The molecule has 338 valence electrons. The summed E-state index contributed by atoms with van der Waals surface area (Å²) in [5, 5.41) is 13.9. The van der Waals surface area contributed by atoms with E-state index in [1.807, 2.05) is 18.2 Å². The van der Waals surface area contributed by atoms with Crippen LogP contribution >= 0.6 is 0 Å². The van der Waals surface area contributed by atoms with Gasteiger partial charge in [-0.05, 0) is 90.1 Å². The first-order chi connectivity index (χ1) is 30.8. The van der Waals surface area contributed by atoms with Crippen LogP contribution in [0.3, 0.4) is 0 Å². The number of nitrogens with one attached hydrogen (secondary N) is 3. The highest BCUT2D eigenvalue weighted by molar-refractivity contribution is 6.06. The molecule has 0 saturated carbocycles. The second kappa shape index (κ2) is 19.4. The molecule has 2 unspecified atom stereocenters. The Morgan fingerprint density at radius 1 is 0.969 bits per heavy atom. The third kappa shape index (κ3) is 9.90. The van der Waals surface area contributed by atoms with E-state index in [0.29, 0.717) is 55.7 Å². The van der Waals surface area contributed by atoms with E-state index >= 15 is 0 Å². The number of carbonyl (C=O) groups is 4. The molecule has 0 bridgehead atoms. The number of aryl methyl sites for hydroxylation is 2. The summed E-state index contributed by atoms with van der Waals surface area (Å²) in [5.41, 5.74) is 16.5. The largest absolute Gasteiger partial charge is 0.384 e. The minimum absolute atomic E-state index is 0.0208. The molecule has 13 nitrogen and oxygen atoms in total. The van der Waals surface area contributed by atoms with Crippen LogP contribution in [0.1, 0.15) is 103 Å². The SMILES string of the molecule is CCCCc1cc(-c2cnn(C)c2)c(C(F)F)cc1CC(N)C1=C(NC2CCN(Cc3ccc(CNc4cccc5c4CN(C4CCC(=O)NC4=O)C5=O)cc3)CC2)CN(C(C)=O)C1. The first-order valence-electron chi connectivity index (χ1n) is 22.6. The number of hydrogen-bond acceptors (Lipinski definition) is 9. The van der Waals surface area contributed by atoms with Crippen molar-refractivity contribution in [2.75, 3.05) is 31.5 Å². The zero-order chi connectivity index (χ0) is 45.1. The van der Waals surface area contributed by atoms with Crippen LogP contribution in [0.2, 0.25) is 0 Å². The Kier molecular flexibility index (Phi) is 13.6. The molecule has 3 aromatic carbocycles. The molecule has 64 heavy (non-hydrogen) atoms. The van der Waals surface area contributed by atoms with Gasteiger partial charge in [0.25, 0.3) is 12.3 Å². The van der Waals surface area contributed by atoms with E-state index in [2.05, 4.69) is 57.1 Å². The zero-order valence-corrected chi connectivity index (χ0v) is 37.0. The van der Waals surface area contributed by atoms with Crippen molar-refractivity contribution in [3.63, 3.8) is 0 Å². The number of alkyl halides is 2. The maximum atomic E-state index is 14.6. The molecule has 4 aliphatic heterocycles. The summed E-state index contributed by atoms with van der Waals surface area (Å²) in [7, 11) is 1.78. The third-order valence-electron chi connectivity index (χ3n) is 13.3. The average Bonchev–Trinajstić information content (AvgIpc) is 4.00. The highest BCUT2D eigenvalue weighted by Crippen LogP contribution is 2.36. The Labute approximate surface area is 373 Å². The number of rotatable bonds is 16.